The molecule has 0 fully saturated rings. The smallest absolute Gasteiger partial charge is 0.416 e. The lowest BCUT2D eigenvalue weighted by Crippen LogP contribution is -2.32. The summed E-state index contributed by atoms with van der Waals surface area (Å²) in [7, 11) is 0. The maximum absolute atomic E-state index is 12.8. The Hall–Kier alpha value is -3.07. The van der Waals surface area contributed by atoms with E-state index in [1.807, 2.05) is 11.8 Å². The monoisotopic (exact) mass is 449 g/mol. The lowest BCUT2D eigenvalue weighted by molar-refractivity contribution is -0.137. The van der Waals surface area contributed by atoms with Crippen molar-refractivity contribution in [3.05, 3.63) is 64.4 Å². The molecule has 3 heterocycles. The molecule has 10 heteroatoms. The predicted molar refractivity (Wildman–Crippen MR) is 112 cm³/mol. The lowest BCUT2D eigenvalue weighted by atomic mass is 10.1. The molecule has 3 aromatic rings. The van der Waals surface area contributed by atoms with Gasteiger partial charge in [-0.2, -0.15) is 23.1 Å². The van der Waals surface area contributed by atoms with Crippen molar-refractivity contribution >= 4 is 28.9 Å². The zero-order chi connectivity index (χ0) is 22.0. The highest BCUT2D eigenvalue weighted by Gasteiger charge is 2.30. The molecule has 0 amide bonds. The first-order chi connectivity index (χ1) is 14.8. The summed E-state index contributed by atoms with van der Waals surface area (Å²) in [4.78, 5) is 15.3. The predicted octanol–water partition coefficient (Wildman–Crippen LogP) is 5.25. The Bertz CT molecular complexity index is 1080. The van der Waals surface area contributed by atoms with Crippen LogP contribution in [-0.4, -0.2) is 28.1 Å². The molecule has 0 unspecified atom stereocenters. The van der Waals surface area contributed by atoms with Gasteiger partial charge in [-0.25, -0.2) is 4.98 Å². The summed E-state index contributed by atoms with van der Waals surface area (Å²) in [6.45, 7) is 3.30. The molecule has 0 radical (unpaired) electrons. The second-order valence-corrected chi connectivity index (χ2v) is 7.30. The Morgan fingerprint density at radius 1 is 1.16 bits per heavy atom. The molecule has 0 bridgehead atoms. The molecule has 0 saturated heterocycles. The van der Waals surface area contributed by atoms with Gasteiger partial charge < -0.3 is 15.0 Å². The second-order valence-electron chi connectivity index (χ2n) is 6.89. The number of ether oxygens (including phenoxy) is 1. The molecule has 6 nitrogen and oxygen atoms in total. The summed E-state index contributed by atoms with van der Waals surface area (Å²) in [5.41, 5.74) is 1.42. The number of hydrogen-bond donors (Lipinski definition) is 1. The molecule has 31 heavy (non-hydrogen) atoms. The molecule has 4 rings (SSSR count). The SMILES string of the molecule is CCOc1nc2c(c(Nc3ccc(C(F)(F)F)cc3)n1)CCN(c1ncccc1Cl)C2. The van der Waals surface area contributed by atoms with Crippen LogP contribution < -0.4 is 15.0 Å². The minimum Gasteiger partial charge on any atom is -0.464 e. The van der Waals surface area contributed by atoms with Gasteiger partial charge in [0, 0.05) is 24.0 Å². The molecule has 1 aliphatic rings. The van der Waals surface area contributed by atoms with Crippen LogP contribution in [-0.2, 0) is 19.1 Å². The highest BCUT2D eigenvalue weighted by atomic mass is 35.5. The van der Waals surface area contributed by atoms with Crippen molar-refractivity contribution in [3.8, 4) is 6.01 Å². The average Bonchev–Trinajstić information content (AvgIpc) is 2.74. The van der Waals surface area contributed by atoms with Crippen LogP contribution in [0.5, 0.6) is 6.01 Å². The molecule has 0 spiro atoms. The molecular weight excluding hydrogens is 431 g/mol. The first kappa shape index (κ1) is 21.2. The standard InChI is InChI=1S/C21H19ClF3N5O/c1-2-31-20-28-17-12-30(19-16(22)4-3-10-26-19)11-9-15(17)18(29-20)27-14-7-5-13(6-8-14)21(23,24)25/h3-8,10H,2,9,11-12H2,1H3,(H,27,28,29). The minimum atomic E-state index is -4.38. The van der Waals surface area contributed by atoms with Gasteiger partial charge in [0.15, 0.2) is 0 Å². The van der Waals surface area contributed by atoms with E-state index in [0.29, 0.717) is 48.5 Å². The molecule has 1 N–H and O–H groups in total. The minimum absolute atomic E-state index is 0.199. The molecule has 0 aliphatic carbocycles. The van der Waals surface area contributed by atoms with E-state index >= 15 is 0 Å². The third kappa shape index (κ3) is 4.66. The molecule has 2 aromatic heterocycles. The summed E-state index contributed by atoms with van der Waals surface area (Å²) in [5, 5.41) is 3.67. The number of rotatable bonds is 5. The lowest BCUT2D eigenvalue weighted by Gasteiger charge is -2.30. The van der Waals surface area contributed by atoms with Crippen LogP contribution in [0.1, 0.15) is 23.7 Å². The second kappa shape index (κ2) is 8.58. The Labute approximate surface area is 182 Å². The fraction of sp³-hybridized carbons (Fsp3) is 0.286. The Balaban J connectivity index is 1.64. The molecule has 1 aromatic carbocycles. The Morgan fingerprint density at radius 2 is 1.94 bits per heavy atom. The average molecular weight is 450 g/mol. The number of anilines is 3. The molecule has 1 aliphatic heterocycles. The van der Waals surface area contributed by atoms with Gasteiger partial charge in [-0.1, -0.05) is 11.6 Å². The number of nitrogens with zero attached hydrogens (tertiary/aromatic N) is 4. The van der Waals surface area contributed by atoms with E-state index in [1.54, 1.807) is 18.3 Å². The summed E-state index contributed by atoms with van der Waals surface area (Å²) in [6.07, 6.45) is -2.09. The summed E-state index contributed by atoms with van der Waals surface area (Å²) >= 11 is 6.30. The van der Waals surface area contributed by atoms with Gasteiger partial charge >= 0.3 is 12.2 Å². The highest BCUT2D eigenvalue weighted by molar-refractivity contribution is 6.32. The van der Waals surface area contributed by atoms with Gasteiger partial charge in [-0.05, 0) is 49.7 Å². The number of hydrogen-bond acceptors (Lipinski definition) is 6. The number of halogens is 4. The van der Waals surface area contributed by atoms with E-state index in [0.717, 1.165) is 23.4 Å². The molecular formula is C21H19ClF3N5O. The fourth-order valence-electron chi connectivity index (χ4n) is 3.37. The van der Waals surface area contributed by atoms with Gasteiger partial charge in [0.05, 0.1) is 29.4 Å². The summed E-state index contributed by atoms with van der Waals surface area (Å²) < 4.78 is 44.0. The van der Waals surface area contributed by atoms with Crippen LogP contribution in [0.15, 0.2) is 42.6 Å². The first-order valence-corrected chi connectivity index (χ1v) is 10.0. The van der Waals surface area contributed by atoms with Crippen LogP contribution in [0, 0.1) is 0 Å². The van der Waals surface area contributed by atoms with E-state index in [4.69, 9.17) is 16.3 Å². The van der Waals surface area contributed by atoms with E-state index in [-0.39, 0.29) is 6.01 Å². The van der Waals surface area contributed by atoms with Crippen molar-refractivity contribution in [1.82, 2.24) is 15.0 Å². The maximum atomic E-state index is 12.8. The molecule has 162 valence electrons. The quantitative estimate of drug-likeness (QED) is 0.574. The van der Waals surface area contributed by atoms with Gasteiger partial charge in [0.1, 0.15) is 11.6 Å². The van der Waals surface area contributed by atoms with Gasteiger partial charge in [0.25, 0.3) is 0 Å². The van der Waals surface area contributed by atoms with E-state index in [1.165, 1.54) is 12.1 Å². The van der Waals surface area contributed by atoms with Gasteiger partial charge in [-0.3, -0.25) is 0 Å². The van der Waals surface area contributed by atoms with E-state index in [2.05, 4.69) is 20.3 Å². The number of aromatic nitrogens is 3. The van der Waals surface area contributed by atoms with Crippen molar-refractivity contribution in [2.45, 2.75) is 26.1 Å². The van der Waals surface area contributed by atoms with Gasteiger partial charge in [-0.15, -0.1) is 0 Å². The first-order valence-electron chi connectivity index (χ1n) is 9.67. The normalized spacial score (nSPS) is 13.6. The maximum Gasteiger partial charge on any atom is 0.416 e. The summed E-state index contributed by atoms with van der Waals surface area (Å²) in [5.74, 6) is 1.18. The van der Waals surface area contributed by atoms with Crippen molar-refractivity contribution in [1.29, 1.82) is 0 Å². The van der Waals surface area contributed by atoms with Crippen LogP contribution >= 0.6 is 11.6 Å². The summed E-state index contributed by atoms with van der Waals surface area (Å²) in [6, 6.07) is 8.56. The fourth-order valence-corrected chi connectivity index (χ4v) is 3.62. The number of fused-ring (bicyclic) bond motifs is 1. The zero-order valence-corrected chi connectivity index (χ0v) is 17.3. The largest absolute Gasteiger partial charge is 0.464 e. The third-order valence-corrected chi connectivity index (χ3v) is 5.13. The number of alkyl halides is 3. The van der Waals surface area contributed by atoms with Crippen molar-refractivity contribution in [2.75, 3.05) is 23.4 Å². The molecule has 0 saturated carbocycles. The van der Waals surface area contributed by atoms with Crippen LogP contribution in [0.4, 0.5) is 30.5 Å². The Morgan fingerprint density at radius 3 is 2.61 bits per heavy atom. The van der Waals surface area contributed by atoms with Crippen molar-refractivity contribution in [3.63, 3.8) is 0 Å². The molecule has 0 atom stereocenters. The van der Waals surface area contributed by atoms with E-state index < -0.39 is 11.7 Å². The van der Waals surface area contributed by atoms with Crippen molar-refractivity contribution < 1.29 is 17.9 Å². The van der Waals surface area contributed by atoms with E-state index in [9.17, 15) is 13.2 Å². The zero-order valence-electron chi connectivity index (χ0n) is 16.6. The highest BCUT2D eigenvalue weighted by Crippen LogP contribution is 2.33. The topological polar surface area (TPSA) is 63.2 Å². The van der Waals surface area contributed by atoms with Crippen LogP contribution in [0.25, 0.3) is 0 Å². The number of pyridine rings is 1. The van der Waals surface area contributed by atoms with Crippen LogP contribution in [0.2, 0.25) is 5.02 Å². The van der Waals surface area contributed by atoms with Gasteiger partial charge in [0.2, 0.25) is 0 Å². The van der Waals surface area contributed by atoms with Crippen LogP contribution in [0.3, 0.4) is 0 Å². The Kier molecular flexibility index (Phi) is 5.86. The number of nitrogens with one attached hydrogen (secondary N) is 1. The third-order valence-electron chi connectivity index (χ3n) is 4.83. The van der Waals surface area contributed by atoms with Crippen molar-refractivity contribution in [2.24, 2.45) is 0 Å². The number of benzene rings is 1.